The van der Waals surface area contributed by atoms with Crippen molar-refractivity contribution in [2.45, 2.75) is 45.1 Å². The predicted octanol–water partition coefficient (Wildman–Crippen LogP) is 3.59. The fourth-order valence-corrected chi connectivity index (χ4v) is 3.53. The molecule has 1 saturated carbocycles. The van der Waals surface area contributed by atoms with Crippen molar-refractivity contribution in [3.8, 4) is 17.4 Å². The number of hydrogen-bond acceptors (Lipinski definition) is 5. The molecule has 7 nitrogen and oxygen atoms in total. The van der Waals surface area contributed by atoms with Crippen molar-refractivity contribution >= 4 is 11.8 Å². The number of rotatable bonds is 9. The van der Waals surface area contributed by atoms with Crippen LogP contribution in [0.25, 0.3) is 0 Å². The van der Waals surface area contributed by atoms with Crippen molar-refractivity contribution in [3.05, 3.63) is 48.2 Å². The average molecular weight is 412 g/mol. The molecule has 3 rings (SSSR count). The molecule has 1 aliphatic carbocycles. The molecule has 2 N–H and O–H groups in total. The molecule has 1 aromatic heterocycles. The molecule has 7 heteroatoms. The highest BCUT2D eigenvalue weighted by Gasteiger charge is 2.17. The number of methoxy groups -OCH3 is 1. The van der Waals surface area contributed by atoms with E-state index in [9.17, 15) is 9.59 Å². The Labute approximate surface area is 177 Å². The lowest BCUT2D eigenvalue weighted by Crippen LogP contribution is -2.37. The molecule has 0 bridgehead atoms. The van der Waals surface area contributed by atoms with Crippen LogP contribution in [-0.4, -0.2) is 30.5 Å². The van der Waals surface area contributed by atoms with Gasteiger partial charge in [0.1, 0.15) is 11.5 Å². The van der Waals surface area contributed by atoms with E-state index < -0.39 is 0 Å². The Morgan fingerprint density at radius 2 is 1.83 bits per heavy atom. The molecular formula is C23H29N3O4. The first-order chi connectivity index (χ1) is 14.6. The van der Waals surface area contributed by atoms with Crippen LogP contribution in [0.5, 0.6) is 17.4 Å². The molecule has 0 atom stereocenters. The summed E-state index contributed by atoms with van der Waals surface area (Å²) < 4.78 is 10.9. The Morgan fingerprint density at radius 3 is 2.57 bits per heavy atom. The van der Waals surface area contributed by atoms with Crippen LogP contribution in [0, 0.1) is 5.92 Å². The van der Waals surface area contributed by atoms with Gasteiger partial charge in [-0.2, -0.15) is 0 Å². The summed E-state index contributed by atoms with van der Waals surface area (Å²) in [6.07, 6.45) is 8.08. The minimum Gasteiger partial charge on any atom is -0.497 e. The van der Waals surface area contributed by atoms with Crippen LogP contribution < -0.4 is 20.1 Å². The number of carbonyl (C=O) groups excluding carboxylic acids is 2. The van der Waals surface area contributed by atoms with E-state index in [0.29, 0.717) is 36.3 Å². The molecule has 0 unspecified atom stereocenters. The molecule has 0 radical (unpaired) electrons. The van der Waals surface area contributed by atoms with Crippen LogP contribution in [0.15, 0.2) is 42.6 Å². The molecule has 0 spiro atoms. The Balaban J connectivity index is 1.37. The summed E-state index contributed by atoms with van der Waals surface area (Å²) in [4.78, 5) is 28.3. The average Bonchev–Trinajstić information content (AvgIpc) is 2.78. The molecule has 0 aliphatic heterocycles. The zero-order chi connectivity index (χ0) is 21.2. The van der Waals surface area contributed by atoms with Gasteiger partial charge in [0.2, 0.25) is 17.7 Å². The van der Waals surface area contributed by atoms with Crippen molar-refractivity contribution in [1.29, 1.82) is 0 Å². The van der Waals surface area contributed by atoms with Crippen molar-refractivity contribution < 1.29 is 19.1 Å². The quantitative estimate of drug-likeness (QED) is 0.658. The van der Waals surface area contributed by atoms with Gasteiger partial charge in [-0.25, -0.2) is 4.98 Å². The number of aromatic nitrogens is 1. The van der Waals surface area contributed by atoms with E-state index in [-0.39, 0.29) is 18.4 Å². The van der Waals surface area contributed by atoms with Crippen LogP contribution in [0.1, 0.15) is 44.1 Å². The number of ether oxygens (including phenoxy) is 2. The van der Waals surface area contributed by atoms with Gasteiger partial charge in [-0.15, -0.1) is 0 Å². The number of nitrogens with zero attached hydrogens (tertiary/aromatic N) is 1. The van der Waals surface area contributed by atoms with Gasteiger partial charge in [-0.1, -0.05) is 31.4 Å². The van der Waals surface area contributed by atoms with Crippen LogP contribution in [0.2, 0.25) is 0 Å². The van der Waals surface area contributed by atoms with Crippen LogP contribution in [0.4, 0.5) is 0 Å². The molecule has 160 valence electrons. The summed E-state index contributed by atoms with van der Waals surface area (Å²) in [6, 6.07) is 10.9. The summed E-state index contributed by atoms with van der Waals surface area (Å²) in [7, 11) is 1.60. The third-order valence-corrected chi connectivity index (χ3v) is 5.20. The lowest BCUT2D eigenvalue weighted by Gasteiger charge is -2.20. The lowest BCUT2D eigenvalue weighted by molar-refractivity contribution is -0.126. The number of benzene rings is 1. The predicted molar refractivity (Wildman–Crippen MR) is 113 cm³/mol. The number of hydrogen-bond donors (Lipinski definition) is 2. The maximum atomic E-state index is 12.0. The monoisotopic (exact) mass is 411 g/mol. The first-order valence-corrected chi connectivity index (χ1v) is 10.4. The second-order valence-corrected chi connectivity index (χ2v) is 7.55. The minimum atomic E-state index is -0.219. The largest absolute Gasteiger partial charge is 0.497 e. The molecule has 1 fully saturated rings. The highest BCUT2D eigenvalue weighted by molar-refractivity contribution is 5.84. The van der Waals surface area contributed by atoms with Gasteiger partial charge < -0.3 is 20.1 Å². The van der Waals surface area contributed by atoms with Crippen molar-refractivity contribution in [2.24, 2.45) is 5.92 Å². The van der Waals surface area contributed by atoms with Crippen molar-refractivity contribution in [1.82, 2.24) is 15.6 Å². The molecule has 30 heavy (non-hydrogen) atoms. The highest BCUT2D eigenvalue weighted by atomic mass is 16.5. The molecule has 1 aliphatic rings. The molecular weight excluding hydrogens is 382 g/mol. The third kappa shape index (κ3) is 7.06. The SMILES string of the molecule is COc1cccc(Oc2ccc(CNC(=O)CNC(=O)CC3CCCCC3)cn2)c1. The van der Waals surface area contributed by atoms with Gasteiger partial charge in [0.25, 0.3) is 0 Å². The van der Waals surface area contributed by atoms with Gasteiger partial charge in [0.15, 0.2) is 0 Å². The van der Waals surface area contributed by atoms with E-state index in [4.69, 9.17) is 9.47 Å². The molecule has 0 saturated heterocycles. The van der Waals surface area contributed by atoms with Gasteiger partial charge in [0, 0.05) is 31.3 Å². The van der Waals surface area contributed by atoms with E-state index in [1.807, 2.05) is 24.3 Å². The van der Waals surface area contributed by atoms with Crippen LogP contribution >= 0.6 is 0 Å². The summed E-state index contributed by atoms with van der Waals surface area (Å²) >= 11 is 0. The van der Waals surface area contributed by atoms with E-state index in [1.165, 1.54) is 19.3 Å². The Bertz CT molecular complexity index is 833. The number of carbonyl (C=O) groups is 2. The third-order valence-electron chi connectivity index (χ3n) is 5.20. The second kappa shape index (κ2) is 11.2. The number of pyridine rings is 1. The summed E-state index contributed by atoms with van der Waals surface area (Å²) in [6.45, 7) is 0.333. The summed E-state index contributed by atoms with van der Waals surface area (Å²) in [5.74, 6) is 1.99. The fraction of sp³-hybridized carbons (Fsp3) is 0.435. The van der Waals surface area contributed by atoms with Crippen molar-refractivity contribution in [3.63, 3.8) is 0 Å². The fourth-order valence-electron chi connectivity index (χ4n) is 3.53. The van der Waals surface area contributed by atoms with Gasteiger partial charge in [0.05, 0.1) is 13.7 Å². The number of nitrogens with one attached hydrogen (secondary N) is 2. The van der Waals surface area contributed by atoms with Crippen LogP contribution in [-0.2, 0) is 16.1 Å². The molecule has 2 aromatic rings. The normalized spacial score (nSPS) is 14.0. The molecule has 2 amide bonds. The van der Waals surface area contributed by atoms with E-state index in [2.05, 4.69) is 15.6 Å². The van der Waals surface area contributed by atoms with E-state index >= 15 is 0 Å². The van der Waals surface area contributed by atoms with Crippen LogP contribution in [0.3, 0.4) is 0 Å². The smallest absolute Gasteiger partial charge is 0.239 e. The standard InChI is InChI=1S/C23H29N3O4/c1-29-19-8-5-9-20(13-19)30-23-11-10-18(15-26-23)14-24-22(28)16-25-21(27)12-17-6-3-2-4-7-17/h5,8-11,13,15,17H,2-4,6-7,12,14,16H2,1H3,(H,24,28)(H,25,27). The minimum absolute atomic E-state index is 0.00395. The lowest BCUT2D eigenvalue weighted by atomic mass is 9.87. The highest BCUT2D eigenvalue weighted by Crippen LogP contribution is 2.26. The van der Waals surface area contributed by atoms with E-state index in [0.717, 1.165) is 18.4 Å². The maximum Gasteiger partial charge on any atom is 0.239 e. The number of amides is 2. The second-order valence-electron chi connectivity index (χ2n) is 7.55. The Morgan fingerprint density at radius 1 is 1.03 bits per heavy atom. The Kier molecular flexibility index (Phi) is 8.06. The van der Waals surface area contributed by atoms with Gasteiger partial charge in [-0.3, -0.25) is 9.59 Å². The topological polar surface area (TPSA) is 89.5 Å². The molecule has 1 heterocycles. The van der Waals surface area contributed by atoms with Gasteiger partial charge in [-0.05, 0) is 36.5 Å². The van der Waals surface area contributed by atoms with Gasteiger partial charge >= 0.3 is 0 Å². The summed E-state index contributed by atoms with van der Waals surface area (Å²) in [5, 5.41) is 5.51. The van der Waals surface area contributed by atoms with Crippen molar-refractivity contribution in [2.75, 3.05) is 13.7 Å². The first-order valence-electron chi connectivity index (χ1n) is 10.4. The molecule has 1 aromatic carbocycles. The summed E-state index contributed by atoms with van der Waals surface area (Å²) in [5.41, 5.74) is 0.842. The zero-order valence-electron chi connectivity index (χ0n) is 17.4. The Hall–Kier alpha value is -3.09. The maximum absolute atomic E-state index is 12.0. The van der Waals surface area contributed by atoms with E-state index in [1.54, 1.807) is 25.4 Å². The zero-order valence-corrected chi connectivity index (χ0v) is 17.4. The first kappa shape index (κ1) is 21.6.